The van der Waals surface area contributed by atoms with E-state index in [-0.39, 0.29) is 50.8 Å². The van der Waals surface area contributed by atoms with Crippen LogP contribution in [0.15, 0.2) is 140 Å². The maximum atomic E-state index is 11.6. The van der Waals surface area contributed by atoms with Gasteiger partial charge >= 0.3 is 17.9 Å². The second-order valence-electron chi connectivity index (χ2n) is 15.3. The lowest BCUT2D eigenvalue weighted by molar-refractivity contribution is -0.144. The van der Waals surface area contributed by atoms with Gasteiger partial charge < -0.3 is 48.2 Å². The van der Waals surface area contributed by atoms with Crippen LogP contribution in [-0.2, 0) is 53.0 Å². The number of carboxylic acids is 1. The summed E-state index contributed by atoms with van der Waals surface area (Å²) in [6.45, 7) is 7.11. The number of nitrogens with zero attached hydrogens (tertiary/aromatic N) is 4. The van der Waals surface area contributed by atoms with Gasteiger partial charge in [-0.1, -0.05) is 111 Å². The average molecular weight is 1350 g/mol. The van der Waals surface area contributed by atoms with Gasteiger partial charge in [0.25, 0.3) is 0 Å². The molecule has 1 aliphatic rings. The first-order valence-electron chi connectivity index (χ1n) is 22.5. The topological polar surface area (TPSA) is 162 Å². The molecule has 1 saturated heterocycles. The van der Waals surface area contributed by atoms with Crippen LogP contribution in [0.4, 0.5) is 0 Å². The van der Waals surface area contributed by atoms with Crippen LogP contribution in [0.5, 0.6) is 0 Å². The molecule has 0 unspecified atom stereocenters. The number of carbonyl (C=O) groups excluding carboxylic acids is 3. The fourth-order valence-electron chi connectivity index (χ4n) is 6.51. The van der Waals surface area contributed by atoms with Crippen LogP contribution < -0.4 is 5.32 Å². The zero-order chi connectivity index (χ0) is 52.3. The van der Waals surface area contributed by atoms with Crippen LogP contribution in [0.25, 0.3) is 43.6 Å². The van der Waals surface area contributed by atoms with Gasteiger partial charge in [-0.2, -0.15) is 0 Å². The van der Waals surface area contributed by atoms with E-state index in [2.05, 4.69) is 107 Å². The van der Waals surface area contributed by atoms with Crippen molar-refractivity contribution in [1.82, 2.24) is 28.9 Å². The Morgan fingerprint density at radius 1 is 0.630 bits per heavy atom. The van der Waals surface area contributed by atoms with Gasteiger partial charge in [0.2, 0.25) is 5.91 Å². The number of hydrogen-bond acceptors (Lipinski definition) is 8. The number of aliphatic carboxylic acids is 1. The number of nitrogens with one attached hydrogen (secondary N) is 2. The van der Waals surface area contributed by atoms with Crippen LogP contribution in [0.2, 0.25) is 0 Å². The van der Waals surface area contributed by atoms with Crippen molar-refractivity contribution in [1.29, 1.82) is 0 Å². The van der Waals surface area contributed by atoms with Crippen molar-refractivity contribution in [3.8, 4) is 0 Å². The Kier molecular flexibility index (Phi) is 33.2. The van der Waals surface area contributed by atoms with Gasteiger partial charge in [0.15, 0.2) is 0 Å². The minimum atomic E-state index is -0.831. The Morgan fingerprint density at radius 3 is 1.38 bits per heavy atom. The summed E-state index contributed by atoms with van der Waals surface area (Å²) < 4.78 is 24.2. The number of aromatic nitrogens is 4. The lowest BCUT2D eigenvalue weighted by Crippen LogP contribution is -2.25. The zero-order valence-corrected chi connectivity index (χ0v) is 49.8. The molecule has 0 atom stereocenters. The smallest absolute Gasteiger partial charge is 0.325 e. The van der Waals surface area contributed by atoms with Gasteiger partial charge in [0.1, 0.15) is 25.0 Å². The van der Waals surface area contributed by atoms with Gasteiger partial charge in [0.05, 0.1) is 13.2 Å². The van der Waals surface area contributed by atoms with Crippen LogP contribution >= 0.6 is 92.1 Å². The predicted molar refractivity (Wildman–Crippen MR) is 317 cm³/mol. The molecule has 3 N–H and O–H groups in total. The first kappa shape index (κ1) is 66.5. The minimum Gasteiger partial charge on any atom is -0.480 e. The maximum absolute atomic E-state index is 11.6. The number of alkyl halides is 1. The normalized spacial score (nSPS) is 10.8. The number of aromatic amines is 1. The Balaban J connectivity index is 0.000000445. The van der Waals surface area contributed by atoms with Crippen molar-refractivity contribution in [3.05, 3.63) is 140 Å². The number of halogens is 6. The molecular formula is C53H66Br5ClN6O8. The molecule has 20 heteroatoms. The monoisotopic (exact) mass is 1340 g/mol. The third-order valence-electron chi connectivity index (χ3n) is 9.78. The van der Waals surface area contributed by atoms with Crippen molar-refractivity contribution >= 4 is 159 Å². The summed E-state index contributed by atoms with van der Waals surface area (Å²) >= 11 is 16.8. The van der Waals surface area contributed by atoms with Gasteiger partial charge in [0, 0.05) is 114 Å². The van der Waals surface area contributed by atoms with Crippen molar-refractivity contribution in [2.45, 2.75) is 53.8 Å². The fourth-order valence-corrected chi connectivity index (χ4v) is 8.63. The first-order valence-corrected chi connectivity index (χ1v) is 26.8. The molecule has 0 saturated carbocycles. The summed E-state index contributed by atoms with van der Waals surface area (Å²) in [7, 11) is 7.29. The van der Waals surface area contributed by atoms with Gasteiger partial charge in [-0.25, -0.2) is 0 Å². The van der Waals surface area contributed by atoms with E-state index in [9.17, 15) is 19.2 Å². The highest BCUT2D eigenvalue weighted by atomic mass is 79.9. The molecule has 5 heterocycles. The van der Waals surface area contributed by atoms with Crippen LogP contribution in [0.1, 0.15) is 34.1 Å². The summed E-state index contributed by atoms with van der Waals surface area (Å²) in [5.41, 5.74) is 4.21. The van der Waals surface area contributed by atoms with E-state index in [1.54, 1.807) is 36.7 Å². The second-order valence-corrected chi connectivity index (χ2v) is 19.3. The number of carbonyl (C=O) groups is 4. The van der Waals surface area contributed by atoms with Crippen LogP contribution in [-0.4, -0.2) is 112 Å². The lowest BCUT2D eigenvalue weighted by atomic mass is 10.2. The van der Waals surface area contributed by atoms with E-state index in [1.807, 2.05) is 134 Å². The SMILES string of the molecule is Brc1cccc2[nH]ccc12.C.C1CCOC1.CCOC(=O)CBr.CCOC(=O)Cn1ccc2c(Br)cccc21.CN(C)C(=O)Cn1ccc2c(Br)cccc21.CNC.Cl.O=C(O)Cn1ccc2c(Br)cccc21. The van der Waals surface area contributed by atoms with Crippen LogP contribution in [0, 0.1) is 0 Å². The third kappa shape index (κ3) is 22.5. The van der Waals surface area contributed by atoms with Crippen molar-refractivity contribution in [3.63, 3.8) is 0 Å². The standard InChI is InChI=1S/C12H13BrN2O.C12H12BrNO2.C10H8BrNO2.C8H6BrN.C4H7BrO2.C4H8O.C2H7N.CH4.ClH/c1-14(2)12(16)8-15-7-6-9-10(13)4-3-5-11(9)15;1-2-16-12(15)8-14-7-6-9-10(13)4-3-5-11(9)14;11-8-2-1-3-9-7(8)4-5-12(9)6-10(13)14;9-7-2-1-3-8-6(7)4-5-10-8;1-2-7-4(6)3-5;1-2-4-5-3-1;1-3-2;;/h3-7H,8H2,1-2H3;3-7H,2,8H2,1H3;1-5H,6H2,(H,13,14);1-5,10H;2-3H2,1H3;1-4H2;3H,1-2H3;1H4;1H. The Morgan fingerprint density at radius 2 is 1.03 bits per heavy atom. The van der Waals surface area contributed by atoms with Gasteiger partial charge in [-0.15, -0.1) is 12.4 Å². The van der Waals surface area contributed by atoms with E-state index in [1.165, 1.54) is 23.7 Å². The highest BCUT2D eigenvalue weighted by molar-refractivity contribution is 9.11. The molecule has 1 aliphatic heterocycles. The van der Waals surface area contributed by atoms with E-state index >= 15 is 0 Å². The average Bonchev–Trinajstić information content (AvgIpc) is 4.22. The van der Waals surface area contributed by atoms with Crippen molar-refractivity contribution < 1.29 is 38.5 Å². The number of carboxylic acid groups (broad SMARTS) is 1. The highest BCUT2D eigenvalue weighted by Crippen LogP contribution is 2.27. The number of fused-ring (bicyclic) bond motifs is 4. The number of H-pyrrole nitrogens is 1. The van der Waals surface area contributed by atoms with E-state index in [0.717, 1.165) is 63.8 Å². The molecule has 4 aromatic carbocycles. The maximum Gasteiger partial charge on any atom is 0.325 e. The Hall–Kier alpha value is -4.47. The summed E-state index contributed by atoms with van der Waals surface area (Å²) in [5.74, 6) is -1.15. The molecule has 0 spiro atoms. The molecule has 398 valence electrons. The van der Waals surface area contributed by atoms with E-state index in [4.69, 9.17) is 14.6 Å². The number of likely N-dealkylation sites (N-methyl/N-ethyl adjacent to an activating group) is 1. The number of rotatable bonds is 9. The van der Waals surface area contributed by atoms with Gasteiger partial charge in [-0.3, -0.25) is 19.2 Å². The number of ether oxygens (including phenoxy) is 3. The highest BCUT2D eigenvalue weighted by Gasteiger charge is 2.10. The number of hydrogen-bond donors (Lipinski definition) is 3. The molecule has 8 aromatic rings. The molecule has 4 aromatic heterocycles. The van der Waals surface area contributed by atoms with Crippen LogP contribution in [0.3, 0.4) is 0 Å². The summed E-state index contributed by atoms with van der Waals surface area (Å²) in [6.07, 6.45) is 10.1. The van der Waals surface area contributed by atoms with Gasteiger partial charge in [-0.05, 0) is 114 Å². The van der Waals surface area contributed by atoms with E-state index < -0.39 is 5.97 Å². The quantitative estimate of drug-likeness (QED) is 0.0943. The third-order valence-corrected chi connectivity index (χ3v) is 13.0. The largest absolute Gasteiger partial charge is 0.480 e. The molecular weight excluding hydrogens is 1280 g/mol. The molecule has 0 aliphatic carbocycles. The predicted octanol–water partition coefficient (Wildman–Crippen LogP) is 13.5. The lowest BCUT2D eigenvalue weighted by Gasteiger charge is -2.11. The first-order chi connectivity index (χ1) is 34.1. The van der Waals surface area contributed by atoms with Crippen molar-refractivity contribution in [2.24, 2.45) is 0 Å². The molecule has 0 bridgehead atoms. The summed E-state index contributed by atoms with van der Waals surface area (Å²) in [5, 5.41) is 16.2. The second kappa shape index (κ2) is 36.5. The molecule has 9 rings (SSSR count). The zero-order valence-electron chi connectivity index (χ0n) is 41.0. The molecule has 0 radical (unpaired) electrons. The molecule has 1 fully saturated rings. The Bertz CT molecular complexity index is 2890. The fraction of sp³-hybridized carbons (Fsp3) is 0.321. The summed E-state index contributed by atoms with van der Waals surface area (Å²) in [6, 6.07) is 31.7. The summed E-state index contributed by atoms with van der Waals surface area (Å²) in [4.78, 5) is 48.5. The molecule has 14 nitrogen and oxygen atoms in total. The minimum absolute atomic E-state index is 0. The molecule has 1 amide bonds. The Labute approximate surface area is 476 Å². The van der Waals surface area contributed by atoms with E-state index in [0.29, 0.717) is 25.1 Å². The molecule has 73 heavy (non-hydrogen) atoms. The number of esters is 2. The van der Waals surface area contributed by atoms with Crippen molar-refractivity contribution in [2.75, 3.05) is 59.9 Å². The number of benzene rings is 4. The number of amides is 1.